The van der Waals surface area contributed by atoms with E-state index in [1.807, 2.05) is 0 Å². The van der Waals surface area contributed by atoms with Crippen molar-refractivity contribution in [2.24, 2.45) is 23.2 Å². The molecule has 4 heteroatoms. The standard InChI is InChI=1S/C31H49NO3/c1-31-21-23(12-10-8-6-4-5-7-9-11-13-29(34)32-2)30-25-17-15-24(35-3)20-22(25)14-16-26(30)27(31)18-19-28(31)33/h15,17,20,23,26-28,30,33H,4-14,16,18-19,21H2,1-3H3,(H,32,34)/t23-,26-,27-,28-,30+,31-/m0/s1. The summed E-state index contributed by atoms with van der Waals surface area (Å²) in [7, 11) is 3.49. The molecule has 6 atom stereocenters. The highest BCUT2D eigenvalue weighted by Gasteiger charge is 2.57. The summed E-state index contributed by atoms with van der Waals surface area (Å²) in [5.74, 6) is 3.91. The van der Waals surface area contributed by atoms with Gasteiger partial charge in [0.25, 0.3) is 0 Å². The number of carbonyl (C=O) groups excluding carboxylic acids is 1. The van der Waals surface area contributed by atoms with Crippen molar-refractivity contribution in [1.82, 2.24) is 5.32 Å². The first-order valence-corrected chi connectivity index (χ1v) is 14.5. The van der Waals surface area contributed by atoms with Gasteiger partial charge in [-0.3, -0.25) is 4.79 Å². The molecule has 2 fully saturated rings. The van der Waals surface area contributed by atoms with Crippen LogP contribution in [0.2, 0.25) is 0 Å². The van der Waals surface area contributed by atoms with E-state index in [0.29, 0.717) is 24.2 Å². The molecule has 4 nitrogen and oxygen atoms in total. The minimum absolute atomic E-state index is 0.114. The van der Waals surface area contributed by atoms with Crippen molar-refractivity contribution in [2.45, 2.75) is 115 Å². The third kappa shape index (κ3) is 5.89. The second-order valence-corrected chi connectivity index (χ2v) is 12.0. The first-order valence-electron chi connectivity index (χ1n) is 14.5. The largest absolute Gasteiger partial charge is 0.497 e. The number of amides is 1. The zero-order valence-corrected chi connectivity index (χ0v) is 22.5. The zero-order chi connectivity index (χ0) is 24.8. The van der Waals surface area contributed by atoms with Crippen LogP contribution in [0.5, 0.6) is 5.75 Å². The Bertz CT molecular complexity index is 839. The van der Waals surface area contributed by atoms with Gasteiger partial charge in [0.2, 0.25) is 5.91 Å². The number of hydrogen-bond donors (Lipinski definition) is 2. The lowest BCUT2D eigenvalue weighted by molar-refractivity contribution is -0.120. The number of fused-ring (bicyclic) bond motifs is 5. The van der Waals surface area contributed by atoms with Gasteiger partial charge in [-0.05, 0) is 97.3 Å². The number of methoxy groups -OCH3 is 1. The summed E-state index contributed by atoms with van der Waals surface area (Å²) in [5.41, 5.74) is 3.21. The lowest BCUT2D eigenvalue weighted by Crippen LogP contribution is -2.47. The summed E-state index contributed by atoms with van der Waals surface area (Å²) < 4.78 is 5.54. The van der Waals surface area contributed by atoms with E-state index in [4.69, 9.17) is 4.74 Å². The minimum Gasteiger partial charge on any atom is -0.497 e. The third-order valence-corrected chi connectivity index (χ3v) is 10.0. The van der Waals surface area contributed by atoms with Crippen molar-refractivity contribution >= 4 is 5.91 Å². The average molecular weight is 484 g/mol. The molecule has 0 unspecified atom stereocenters. The summed E-state index contributed by atoms with van der Waals surface area (Å²) in [5, 5.41) is 13.7. The number of hydrogen-bond acceptors (Lipinski definition) is 3. The molecule has 196 valence electrons. The van der Waals surface area contributed by atoms with Crippen molar-refractivity contribution in [1.29, 1.82) is 0 Å². The molecule has 1 amide bonds. The van der Waals surface area contributed by atoms with E-state index < -0.39 is 0 Å². The Hall–Kier alpha value is -1.55. The SMILES string of the molecule is CNC(=O)CCCCCCCCCC[C@H]1C[C@]2(C)[C@@H](O)CC[C@H]2[C@@H]2CCc3cc(OC)ccc3[C@@H]12. The van der Waals surface area contributed by atoms with E-state index in [9.17, 15) is 9.90 Å². The van der Waals surface area contributed by atoms with Crippen LogP contribution in [0.15, 0.2) is 18.2 Å². The lowest BCUT2D eigenvalue weighted by atomic mass is 9.51. The van der Waals surface area contributed by atoms with Gasteiger partial charge in [0.15, 0.2) is 0 Å². The summed E-state index contributed by atoms with van der Waals surface area (Å²) in [6.45, 7) is 2.41. The van der Waals surface area contributed by atoms with E-state index in [-0.39, 0.29) is 17.4 Å². The first-order chi connectivity index (χ1) is 17.0. The van der Waals surface area contributed by atoms with Crippen LogP contribution in [0.3, 0.4) is 0 Å². The average Bonchev–Trinajstić information content (AvgIpc) is 3.17. The van der Waals surface area contributed by atoms with Crippen molar-refractivity contribution in [3.05, 3.63) is 29.3 Å². The second-order valence-electron chi connectivity index (χ2n) is 12.0. The lowest BCUT2D eigenvalue weighted by Gasteiger charge is -2.54. The normalized spacial score (nSPS) is 31.4. The highest BCUT2D eigenvalue weighted by atomic mass is 16.5. The summed E-state index contributed by atoms with van der Waals surface area (Å²) in [4.78, 5) is 11.3. The number of rotatable bonds is 12. The molecule has 1 aromatic carbocycles. The van der Waals surface area contributed by atoms with Gasteiger partial charge in [-0.2, -0.15) is 0 Å². The molecule has 0 aromatic heterocycles. The fourth-order valence-electron chi connectivity index (χ4n) is 8.12. The van der Waals surface area contributed by atoms with E-state index in [1.165, 1.54) is 76.2 Å². The topological polar surface area (TPSA) is 58.6 Å². The summed E-state index contributed by atoms with van der Waals surface area (Å²) >= 11 is 0. The van der Waals surface area contributed by atoms with Gasteiger partial charge in [-0.15, -0.1) is 0 Å². The van der Waals surface area contributed by atoms with Crippen LogP contribution in [0.4, 0.5) is 0 Å². The number of benzene rings is 1. The molecular weight excluding hydrogens is 434 g/mol. The van der Waals surface area contributed by atoms with Gasteiger partial charge in [0.05, 0.1) is 13.2 Å². The predicted molar refractivity (Wildman–Crippen MR) is 143 cm³/mol. The Kier molecular flexibility index (Phi) is 9.18. The first kappa shape index (κ1) is 26.5. The molecule has 0 aliphatic heterocycles. The Morgan fingerprint density at radius 3 is 2.49 bits per heavy atom. The van der Waals surface area contributed by atoms with Gasteiger partial charge in [-0.1, -0.05) is 57.9 Å². The number of aliphatic hydroxyl groups is 1. The molecule has 3 aliphatic rings. The van der Waals surface area contributed by atoms with Gasteiger partial charge < -0.3 is 15.2 Å². The van der Waals surface area contributed by atoms with Gasteiger partial charge >= 0.3 is 0 Å². The molecule has 2 saturated carbocycles. The number of unbranched alkanes of at least 4 members (excludes halogenated alkanes) is 7. The van der Waals surface area contributed by atoms with Crippen LogP contribution in [0, 0.1) is 23.2 Å². The van der Waals surface area contributed by atoms with E-state index in [1.54, 1.807) is 19.7 Å². The number of aliphatic hydroxyl groups excluding tert-OH is 1. The zero-order valence-electron chi connectivity index (χ0n) is 22.5. The quantitative estimate of drug-likeness (QED) is 0.322. The van der Waals surface area contributed by atoms with E-state index >= 15 is 0 Å². The van der Waals surface area contributed by atoms with Crippen LogP contribution < -0.4 is 10.1 Å². The maximum atomic E-state index is 11.3. The molecule has 0 radical (unpaired) electrons. The van der Waals surface area contributed by atoms with Crippen molar-refractivity contribution in [2.75, 3.05) is 14.2 Å². The maximum Gasteiger partial charge on any atom is 0.219 e. The van der Waals surface area contributed by atoms with Crippen molar-refractivity contribution in [3.63, 3.8) is 0 Å². The number of nitrogens with one attached hydrogen (secondary N) is 1. The predicted octanol–water partition coefficient (Wildman–Crippen LogP) is 6.79. The van der Waals surface area contributed by atoms with E-state index in [2.05, 4.69) is 30.4 Å². The van der Waals surface area contributed by atoms with Gasteiger partial charge in [-0.25, -0.2) is 0 Å². The molecule has 0 saturated heterocycles. The van der Waals surface area contributed by atoms with E-state index in [0.717, 1.165) is 30.9 Å². The van der Waals surface area contributed by atoms with Gasteiger partial charge in [0.1, 0.15) is 5.75 Å². The second kappa shape index (κ2) is 12.1. The summed E-state index contributed by atoms with van der Waals surface area (Å²) in [6.07, 6.45) is 17.7. The molecule has 4 rings (SSSR count). The molecule has 3 aliphatic carbocycles. The van der Waals surface area contributed by atoms with Crippen LogP contribution >= 0.6 is 0 Å². The maximum absolute atomic E-state index is 11.3. The fourth-order valence-corrected chi connectivity index (χ4v) is 8.12. The third-order valence-electron chi connectivity index (χ3n) is 10.0. The molecule has 0 heterocycles. The van der Waals surface area contributed by atoms with Crippen LogP contribution in [0.25, 0.3) is 0 Å². The van der Waals surface area contributed by atoms with Crippen molar-refractivity contribution in [3.8, 4) is 5.75 Å². The Morgan fingerprint density at radius 1 is 1.06 bits per heavy atom. The molecule has 0 bridgehead atoms. The van der Waals surface area contributed by atoms with Crippen LogP contribution in [0.1, 0.15) is 114 Å². The molecule has 2 N–H and O–H groups in total. The Balaban J connectivity index is 1.30. The summed E-state index contributed by atoms with van der Waals surface area (Å²) in [6, 6.07) is 6.83. The van der Waals surface area contributed by atoms with Crippen molar-refractivity contribution < 1.29 is 14.6 Å². The fraction of sp³-hybridized carbons (Fsp3) is 0.774. The molecule has 1 aromatic rings. The number of carbonyl (C=O) groups is 1. The molecule has 0 spiro atoms. The van der Waals surface area contributed by atoms with Gasteiger partial charge in [0, 0.05) is 13.5 Å². The minimum atomic E-state index is -0.114. The molecule has 35 heavy (non-hydrogen) atoms. The Morgan fingerprint density at radius 2 is 1.77 bits per heavy atom. The highest BCUT2D eigenvalue weighted by Crippen LogP contribution is 2.63. The smallest absolute Gasteiger partial charge is 0.219 e. The Labute approximate surface area is 213 Å². The number of aryl methyl sites for hydroxylation is 1. The van der Waals surface area contributed by atoms with Crippen LogP contribution in [-0.4, -0.2) is 31.3 Å². The highest BCUT2D eigenvalue weighted by molar-refractivity contribution is 5.75. The van der Waals surface area contributed by atoms with Crippen LogP contribution in [-0.2, 0) is 11.2 Å². The number of ether oxygens (including phenoxy) is 1. The molecular formula is C31H49NO3. The monoisotopic (exact) mass is 483 g/mol.